The van der Waals surface area contributed by atoms with Gasteiger partial charge in [0.25, 0.3) is 0 Å². The summed E-state index contributed by atoms with van der Waals surface area (Å²) in [5.74, 6) is 0.0109. The number of hydrogen-bond donors (Lipinski definition) is 2. The molecule has 4 nitrogen and oxygen atoms in total. The lowest BCUT2D eigenvalue weighted by Gasteiger charge is -2.09. The Morgan fingerprint density at radius 3 is 1.95 bits per heavy atom. The number of carbonyl (C=O) groups is 1. The van der Waals surface area contributed by atoms with E-state index in [1.165, 1.54) is 12.1 Å². The first-order valence-electron chi connectivity index (χ1n) is 5.86. The molecule has 0 aliphatic rings. The standard InChI is InChI=1S/C15H14O4/c1-10(15(17)18)11-2-6-13(7-3-11)19-14-8-4-12(16)5-9-14/h2-10,16H,1H3,(H,17,18). The summed E-state index contributed by atoms with van der Waals surface area (Å²) in [7, 11) is 0. The van der Waals surface area contributed by atoms with E-state index < -0.39 is 11.9 Å². The Bertz CT molecular complexity index is 558. The molecule has 0 aliphatic carbocycles. The van der Waals surface area contributed by atoms with Crippen LogP contribution in [0.5, 0.6) is 17.2 Å². The summed E-state index contributed by atoms with van der Waals surface area (Å²) < 4.78 is 5.57. The van der Waals surface area contributed by atoms with Crippen molar-refractivity contribution in [1.82, 2.24) is 0 Å². The Kier molecular flexibility index (Phi) is 3.71. The fraction of sp³-hybridized carbons (Fsp3) is 0.133. The number of carboxylic acid groups (broad SMARTS) is 1. The van der Waals surface area contributed by atoms with Crippen molar-refractivity contribution < 1.29 is 19.7 Å². The summed E-state index contributed by atoms with van der Waals surface area (Å²) in [6, 6.07) is 13.3. The van der Waals surface area contributed by atoms with E-state index in [2.05, 4.69) is 0 Å². The molecule has 0 bridgehead atoms. The minimum atomic E-state index is -0.854. The van der Waals surface area contributed by atoms with Crippen LogP contribution in [-0.4, -0.2) is 16.2 Å². The molecule has 4 heteroatoms. The van der Waals surface area contributed by atoms with Gasteiger partial charge < -0.3 is 14.9 Å². The van der Waals surface area contributed by atoms with Gasteiger partial charge in [0.15, 0.2) is 0 Å². The van der Waals surface area contributed by atoms with Gasteiger partial charge in [-0.3, -0.25) is 4.79 Å². The highest BCUT2D eigenvalue weighted by molar-refractivity contribution is 5.75. The highest BCUT2D eigenvalue weighted by Gasteiger charge is 2.13. The molecule has 0 aliphatic heterocycles. The van der Waals surface area contributed by atoms with E-state index in [0.29, 0.717) is 11.5 Å². The zero-order chi connectivity index (χ0) is 13.8. The monoisotopic (exact) mass is 258 g/mol. The van der Waals surface area contributed by atoms with E-state index in [1.54, 1.807) is 43.3 Å². The number of hydrogen-bond acceptors (Lipinski definition) is 3. The Balaban J connectivity index is 2.10. The number of phenolic OH excluding ortho intramolecular Hbond substituents is 1. The summed E-state index contributed by atoms with van der Waals surface area (Å²) in [5.41, 5.74) is 0.727. The van der Waals surface area contributed by atoms with Crippen molar-refractivity contribution in [3.05, 3.63) is 54.1 Å². The molecule has 0 radical (unpaired) electrons. The van der Waals surface area contributed by atoms with Gasteiger partial charge in [0.2, 0.25) is 0 Å². The van der Waals surface area contributed by atoms with Gasteiger partial charge in [-0.1, -0.05) is 12.1 Å². The summed E-state index contributed by atoms with van der Waals surface area (Å²) >= 11 is 0. The van der Waals surface area contributed by atoms with Crippen molar-refractivity contribution in [3.8, 4) is 17.2 Å². The fourth-order valence-corrected chi connectivity index (χ4v) is 1.62. The molecule has 2 rings (SSSR count). The molecule has 2 aromatic rings. The second kappa shape index (κ2) is 5.44. The molecule has 1 atom stereocenters. The second-order valence-electron chi connectivity index (χ2n) is 4.22. The second-order valence-corrected chi connectivity index (χ2v) is 4.22. The molecular formula is C15H14O4. The number of aromatic hydroxyl groups is 1. The van der Waals surface area contributed by atoms with Crippen LogP contribution in [0, 0.1) is 0 Å². The van der Waals surface area contributed by atoms with Gasteiger partial charge in [0, 0.05) is 0 Å². The minimum absolute atomic E-state index is 0.179. The molecular weight excluding hydrogens is 244 g/mol. The third-order valence-electron chi connectivity index (χ3n) is 2.82. The topological polar surface area (TPSA) is 66.8 Å². The van der Waals surface area contributed by atoms with Crippen molar-refractivity contribution in [3.63, 3.8) is 0 Å². The van der Waals surface area contributed by atoms with Gasteiger partial charge in [0.05, 0.1) is 5.92 Å². The average molecular weight is 258 g/mol. The van der Waals surface area contributed by atoms with Crippen LogP contribution in [0.3, 0.4) is 0 Å². The maximum Gasteiger partial charge on any atom is 0.310 e. The fourth-order valence-electron chi connectivity index (χ4n) is 1.62. The molecule has 2 N–H and O–H groups in total. The van der Waals surface area contributed by atoms with Crippen molar-refractivity contribution in [2.24, 2.45) is 0 Å². The summed E-state index contributed by atoms with van der Waals surface area (Å²) in [6.07, 6.45) is 0. The molecule has 1 unspecified atom stereocenters. The first-order valence-corrected chi connectivity index (χ1v) is 5.86. The number of rotatable bonds is 4. The molecule has 0 heterocycles. The Hall–Kier alpha value is -2.49. The molecule has 0 amide bonds. The zero-order valence-corrected chi connectivity index (χ0v) is 10.4. The summed E-state index contributed by atoms with van der Waals surface area (Å²) in [5, 5.41) is 18.1. The maximum atomic E-state index is 10.9. The van der Waals surface area contributed by atoms with Crippen molar-refractivity contribution in [2.75, 3.05) is 0 Å². The molecule has 0 aromatic heterocycles. The lowest BCUT2D eigenvalue weighted by molar-refractivity contribution is -0.138. The van der Waals surface area contributed by atoms with Crippen LogP contribution in [0.2, 0.25) is 0 Å². The van der Waals surface area contributed by atoms with Crippen LogP contribution in [0.25, 0.3) is 0 Å². The maximum absolute atomic E-state index is 10.9. The van der Waals surface area contributed by atoms with E-state index in [-0.39, 0.29) is 5.75 Å². The van der Waals surface area contributed by atoms with Gasteiger partial charge in [-0.15, -0.1) is 0 Å². The highest BCUT2D eigenvalue weighted by atomic mass is 16.5. The number of carboxylic acids is 1. The zero-order valence-electron chi connectivity index (χ0n) is 10.4. The number of aliphatic carboxylic acids is 1. The first-order chi connectivity index (χ1) is 9.06. The predicted molar refractivity (Wildman–Crippen MR) is 70.7 cm³/mol. The van der Waals surface area contributed by atoms with Crippen LogP contribution in [0.15, 0.2) is 48.5 Å². The van der Waals surface area contributed by atoms with Crippen LogP contribution < -0.4 is 4.74 Å². The van der Waals surface area contributed by atoms with Gasteiger partial charge >= 0.3 is 5.97 Å². The molecule has 0 fully saturated rings. The predicted octanol–water partition coefficient (Wildman–Crippen LogP) is 3.37. The molecule has 0 spiro atoms. The van der Waals surface area contributed by atoms with Crippen molar-refractivity contribution in [1.29, 1.82) is 0 Å². The van der Waals surface area contributed by atoms with Crippen LogP contribution >= 0.6 is 0 Å². The summed E-state index contributed by atoms with van der Waals surface area (Å²) in [6.45, 7) is 1.64. The Morgan fingerprint density at radius 2 is 1.47 bits per heavy atom. The Labute approximate surface area is 110 Å². The normalized spacial score (nSPS) is 11.8. The third kappa shape index (κ3) is 3.25. The van der Waals surface area contributed by atoms with Gasteiger partial charge in [-0.2, -0.15) is 0 Å². The molecule has 0 saturated carbocycles. The molecule has 2 aromatic carbocycles. The van der Waals surface area contributed by atoms with E-state index in [4.69, 9.17) is 14.9 Å². The van der Waals surface area contributed by atoms with Gasteiger partial charge in [-0.05, 0) is 48.9 Å². The van der Waals surface area contributed by atoms with Crippen LogP contribution in [-0.2, 0) is 4.79 Å². The SMILES string of the molecule is CC(C(=O)O)c1ccc(Oc2ccc(O)cc2)cc1. The third-order valence-corrected chi connectivity index (χ3v) is 2.82. The largest absolute Gasteiger partial charge is 0.508 e. The van der Waals surface area contributed by atoms with Crippen LogP contribution in [0.1, 0.15) is 18.4 Å². The number of benzene rings is 2. The van der Waals surface area contributed by atoms with Gasteiger partial charge in [-0.25, -0.2) is 0 Å². The quantitative estimate of drug-likeness (QED) is 0.882. The lowest BCUT2D eigenvalue weighted by atomic mass is 10.0. The number of phenols is 1. The minimum Gasteiger partial charge on any atom is -0.508 e. The van der Waals surface area contributed by atoms with E-state index in [1.807, 2.05) is 0 Å². The lowest BCUT2D eigenvalue weighted by Crippen LogP contribution is -2.06. The van der Waals surface area contributed by atoms with E-state index >= 15 is 0 Å². The van der Waals surface area contributed by atoms with E-state index in [0.717, 1.165) is 5.56 Å². The Morgan fingerprint density at radius 1 is 1.00 bits per heavy atom. The van der Waals surface area contributed by atoms with Crippen LogP contribution in [0.4, 0.5) is 0 Å². The highest BCUT2D eigenvalue weighted by Crippen LogP contribution is 2.25. The van der Waals surface area contributed by atoms with Crippen molar-refractivity contribution in [2.45, 2.75) is 12.8 Å². The number of ether oxygens (including phenoxy) is 1. The smallest absolute Gasteiger partial charge is 0.310 e. The van der Waals surface area contributed by atoms with Crippen molar-refractivity contribution >= 4 is 5.97 Å². The molecule has 0 saturated heterocycles. The first kappa shape index (κ1) is 13.0. The summed E-state index contributed by atoms with van der Waals surface area (Å²) in [4.78, 5) is 10.9. The van der Waals surface area contributed by atoms with E-state index in [9.17, 15) is 4.79 Å². The van der Waals surface area contributed by atoms with Gasteiger partial charge in [0.1, 0.15) is 17.2 Å². The molecule has 98 valence electrons. The average Bonchev–Trinajstić information content (AvgIpc) is 2.41. The molecule has 19 heavy (non-hydrogen) atoms.